The number of benzene rings is 1. The van der Waals surface area contributed by atoms with Crippen LogP contribution in [0.2, 0.25) is 0 Å². The Labute approximate surface area is 114 Å². The normalized spacial score (nSPS) is 12.1. The highest BCUT2D eigenvalue weighted by atomic mass is 79.9. The minimum atomic E-state index is -0.951. The largest absolute Gasteiger partial charge is 0.480 e. The van der Waals surface area contributed by atoms with Crippen molar-refractivity contribution in [3.05, 3.63) is 28.7 Å². The van der Waals surface area contributed by atoms with E-state index in [2.05, 4.69) is 21.2 Å². The second kappa shape index (κ2) is 8.07. The quantitative estimate of drug-likeness (QED) is 0.718. The first-order valence-electron chi connectivity index (χ1n) is 5.45. The van der Waals surface area contributed by atoms with E-state index in [-0.39, 0.29) is 6.61 Å². The summed E-state index contributed by atoms with van der Waals surface area (Å²) in [5.74, 6) is -0.951. The number of carbonyl (C=O) groups is 1. The second-order valence-electron chi connectivity index (χ2n) is 3.61. The molecule has 0 heterocycles. The lowest BCUT2D eigenvalue weighted by molar-refractivity contribution is -0.139. The van der Waals surface area contributed by atoms with Gasteiger partial charge in [0.1, 0.15) is 6.04 Å². The number of carboxylic acid groups (broad SMARTS) is 1. The van der Waals surface area contributed by atoms with Crippen LogP contribution >= 0.6 is 15.9 Å². The monoisotopic (exact) mass is 317 g/mol. The lowest BCUT2D eigenvalue weighted by Crippen LogP contribution is -2.34. The maximum absolute atomic E-state index is 11.1. The van der Waals surface area contributed by atoms with E-state index in [1.807, 2.05) is 18.2 Å². The average molecular weight is 318 g/mol. The van der Waals surface area contributed by atoms with Gasteiger partial charge in [-0.1, -0.05) is 22.0 Å². The fourth-order valence-corrected chi connectivity index (χ4v) is 1.70. The zero-order valence-corrected chi connectivity index (χ0v) is 11.6. The maximum atomic E-state index is 11.1. The number of hydrogen-bond donors (Lipinski definition) is 2. The number of anilines is 1. The summed E-state index contributed by atoms with van der Waals surface area (Å²) in [5.41, 5.74) is 0.729. The molecule has 0 saturated carbocycles. The maximum Gasteiger partial charge on any atom is 0.328 e. The fourth-order valence-electron chi connectivity index (χ4n) is 1.30. The Morgan fingerprint density at radius 1 is 1.50 bits per heavy atom. The molecule has 6 heteroatoms. The van der Waals surface area contributed by atoms with Gasteiger partial charge in [0, 0.05) is 17.3 Å². The lowest BCUT2D eigenvalue weighted by atomic mass is 10.2. The van der Waals surface area contributed by atoms with Crippen LogP contribution < -0.4 is 5.32 Å². The van der Waals surface area contributed by atoms with Crippen LogP contribution in [0.1, 0.15) is 0 Å². The lowest BCUT2D eigenvalue weighted by Gasteiger charge is -2.16. The predicted molar refractivity (Wildman–Crippen MR) is 71.9 cm³/mol. The molecule has 1 aromatic carbocycles. The van der Waals surface area contributed by atoms with Gasteiger partial charge in [0.15, 0.2) is 0 Å². The molecule has 0 radical (unpaired) electrons. The smallest absolute Gasteiger partial charge is 0.328 e. The Kier molecular flexibility index (Phi) is 6.70. The Morgan fingerprint density at radius 3 is 2.89 bits per heavy atom. The van der Waals surface area contributed by atoms with Gasteiger partial charge in [-0.15, -0.1) is 0 Å². The van der Waals surface area contributed by atoms with Gasteiger partial charge in [0.25, 0.3) is 0 Å². The van der Waals surface area contributed by atoms with Gasteiger partial charge in [-0.2, -0.15) is 0 Å². The first-order valence-corrected chi connectivity index (χ1v) is 6.24. The van der Waals surface area contributed by atoms with Crippen molar-refractivity contribution in [3.8, 4) is 0 Å². The number of carboxylic acids is 1. The van der Waals surface area contributed by atoms with Crippen molar-refractivity contribution < 1.29 is 19.4 Å². The van der Waals surface area contributed by atoms with E-state index in [9.17, 15) is 4.79 Å². The third-order valence-corrected chi connectivity index (χ3v) is 2.67. The third-order valence-electron chi connectivity index (χ3n) is 2.18. The van der Waals surface area contributed by atoms with Gasteiger partial charge in [0.2, 0.25) is 0 Å². The standard InChI is InChI=1S/C12H16BrNO4/c1-17-5-6-18-8-11(12(15)16)14-10-4-2-3-9(13)7-10/h2-4,7,11,14H,5-6,8H2,1H3,(H,15,16). The molecule has 1 atom stereocenters. The SMILES string of the molecule is COCCOCC(Nc1cccc(Br)c1)C(=O)O. The van der Waals surface area contributed by atoms with E-state index in [1.54, 1.807) is 13.2 Å². The minimum absolute atomic E-state index is 0.0885. The summed E-state index contributed by atoms with van der Waals surface area (Å²) in [6.07, 6.45) is 0. The van der Waals surface area contributed by atoms with Crippen LogP contribution in [0.15, 0.2) is 28.7 Å². The topological polar surface area (TPSA) is 67.8 Å². The fraction of sp³-hybridized carbons (Fsp3) is 0.417. The summed E-state index contributed by atoms with van der Waals surface area (Å²) in [4.78, 5) is 11.1. The molecule has 0 amide bonds. The van der Waals surface area contributed by atoms with E-state index in [1.165, 1.54) is 0 Å². The number of hydrogen-bond acceptors (Lipinski definition) is 4. The van der Waals surface area contributed by atoms with Gasteiger partial charge in [-0.05, 0) is 18.2 Å². The number of rotatable bonds is 8. The van der Waals surface area contributed by atoms with E-state index < -0.39 is 12.0 Å². The molecular formula is C12H16BrNO4. The predicted octanol–water partition coefficient (Wildman–Crippen LogP) is 1.98. The van der Waals surface area contributed by atoms with E-state index in [0.29, 0.717) is 13.2 Å². The van der Waals surface area contributed by atoms with Gasteiger partial charge in [-0.3, -0.25) is 0 Å². The van der Waals surface area contributed by atoms with Crippen molar-refractivity contribution in [2.45, 2.75) is 6.04 Å². The summed E-state index contributed by atoms with van der Waals surface area (Å²) in [6, 6.07) is 6.53. The van der Waals surface area contributed by atoms with Gasteiger partial charge >= 0.3 is 5.97 Å². The van der Waals surface area contributed by atoms with Crippen LogP contribution in [0.5, 0.6) is 0 Å². The van der Waals surface area contributed by atoms with Crippen LogP contribution in [0, 0.1) is 0 Å². The molecule has 1 rings (SSSR count). The molecule has 2 N–H and O–H groups in total. The zero-order valence-electron chi connectivity index (χ0n) is 10.1. The molecule has 18 heavy (non-hydrogen) atoms. The second-order valence-corrected chi connectivity index (χ2v) is 4.53. The molecule has 0 aromatic heterocycles. The third kappa shape index (κ3) is 5.48. The van der Waals surface area contributed by atoms with Crippen molar-refractivity contribution in [1.82, 2.24) is 0 Å². The van der Waals surface area contributed by atoms with Crippen LogP contribution in [0.4, 0.5) is 5.69 Å². The van der Waals surface area contributed by atoms with E-state index in [0.717, 1.165) is 10.2 Å². The molecule has 0 aliphatic carbocycles. The number of aliphatic carboxylic acids is 1. The van der Waals surface area contributed by atoms with Crippen molar-refractivity contribution in [2.24, 2.45) is 0 Å². The Morgan fingerprint density at radius 2 is 2.28 bits per heavy atom. The van der Waals surface area contributed by atoms with Gasteiger partial charge < -0.3 is 19.9 Å². The summed E-state index contributed by atoms with van der Waals surface area (Å²) in [5, 5.41) is 12.0. The molecule has 5 nitrogen and oxygen atoms in total. The number of halogens is 1. The summed E-state index contributed by atoms with van der Waals surface area (Å²) in [7, 11) is 1.57. The average Bonchev–Trinajstić information content (AvgIpc) is 2.33. The molecule has 0 aliphatic heterocycles. The van der Waals surface area contributed by atoms with Crippen LogP contribution in [-0.4, -0.2) is 44.0 Å². The van der Waals surface area contributed by atoms with Gasteiger partial charge in [-0.25, -0.2) is 4.79 Å². The molecule has 0 aliphatic rings. The van der Waals surface area contributed by atoms with Crippen molar-refractivity contribution in [1.29, 1.82) is 0 Å². The van der Waals surface area contributed by atoms with Crippen molar-refractivity contribution in [2.75, 3.05) is 32.2 Å². The molecule has 0 saturated heterocycles. The number of nitrogens with one attached hydrogen (secondary N) is 1. The molecule has 1 unspecified atom stereocenters. The first kappa shape index (κ1) is 14.9. The van der Waals surface area contributed by atoms with Crippen LogP contribution in [-0.2, 0) is 14.3 Å². The van der Waals surface area contributed by atoms with Crippen LogP contribution in [0.25, 0.3) is 0 Å². The summed E-state index contributed by atoms with van der Waals surface area (Å²) < 4.78 is 10.9. The van der Waals surface area contributed by atoms with Crippen molar-refractivity contribution >= 4 is 27.6 Å². The Balaban J connectivity index is 2.50. The molecule has 0 spiro atoms. The molecule has 100 valence electrons. The summed E-state index contributed by atoms with van der Waals surface area (Å²) in [6.45, 7) is 0.912. The highest BCUT2D eigenvalue weighted by molar-refractivity contribution is 9.10. The van der Waals surface area contributed by atoms with E-state index in [4.69, 9.17) is 14.6 Å². The molecule has 0 bridgehead atoms. The van der Waals surface area contributed by atoms with Crippen LogP contribution in [0.3, 0.4) is 0 Å². The van der Waals surface area contributed by atoms with E-state index >= 15 is 0 Å². The molecule has 1 aromatic rings. The molecular weight excluding hydrogens is 302 g/mol. The first-order chi connectivity index (χ1) is 8.63. The van der Waals surface area contributed by atoms with Gasteiger partial charge in [0.05, 0.1) is 19.8 Å². The molecule has 0 fully saturated rings. The number of methoxy groups -OCH3 is 1. The summed E-state index contributed by atoms with van der Waals surface area (Å²) >= 11 is 3.33. The highest BCUT2D eigenvalue weighted by Gasteiger charge is 2.17. The zero-order chi connectivity index (χ0) is 13.4. The minimum Gasteiger partial charge on any atom is -0.480 e. The van der Waals surface area contributed by atoms with Crippen molar-refractivity contribution in [3.63, 3.8) is 0 Å². The Hall–Kier alpha value is -1.11. The Bertz CT molecular complexity index is 386. The number of ether oxygens (including phenoxy) is 2. The highest BCUT2D eigenvalue weighted by Crippen LogP contribution is 2.16.